The van der Waals surface area contributed by atoms with Crippen LogP contribution in [0.3, 0.4) is 0 Å². The Morgan fingerprint density at radius 3 is 1.57 bits per heavy atom. The summed E-state index contributed by atoms with van der Waals surface area (Å²) in [4.78, 5) is 51.6. The normalized spacial score (nSPS) is 23.3. The van der Waals surface area contributed by atoms with Gasteiger partial charge in [-0.05, 0) is 60.1 Å². The average Bonchev–Trinajstić information content (AvgIpc) is 3.51. The summed E-state index contributed by atoms with van der Waals surface area (Å²) in [7, 11) is -2.69. The van der Waals surface area contributed by atoms with Crippen molar-refractivity contribution in [2.24, 2.45) is 11.8 Å². The van der Waals surface area contributed by atoms with Crippen molar-refractivity contribution in [3.05, 3.63) is 63.2 Å². The molecule has 4 heterocycles. The summed E-state index contributed by atoms with van der Waals surface area (Å²) in [5, 5.41) is 0. The van der Waals surface area contributed by atoms with Gasteiger partial charge >= 0.3 is 11.4 Å². The van der Waals surface area contributed by atoms with E-state index in [1.807, 2.05) is 22.6 Å². The van der Waals surface area contributed by atoms with Gasteiger partial charge in [0.05, 0.1) is 15.8 Å². The van der Waals surface area contributed by atoms with E-state index in [1.165, 1.54) is 9.13 Å². The molecule has 0 aliphatic carbocycles. The summed E-state index contributed by atoms with van der Waals surface area (Å²) < 4.78 is 15.2. The molecule has 10 nitrogen and oxygen atoms in total. The van der Waals surface area contributed by atoms with Crippen molar-refractivity contribution in [2.75, 3.05) is 0 Å². The predicted molar refractivity (Wildman–Crippen MR) is 207 cm³/mol. The molecule has 2 aliphatic rings. The minimum atomic E-state index is -1.59. The van der Waals surface area contributed by atoms with Crippen LogP contribution >= 0.6 is 22.6 Å². The van der Waals surface area contributed by atoms with Crippen LogP contribution in [0.25, 0.3) is 0 Å². The number of hydrogen-bond acceptors (Lipinski definition) is 6. The van der Waals surface area contributed by atoms with Gasteiger partial charge in [0.1, 0.15) is 34.2 Å². The van der Waals surface area contributed by atoms with E-state index in [2.05, 4.69) is 94.0 Å². The van der Waals surface area contributed by atoms with Gasteiger partial charge in [-0.3, -0.25) is 28.7 Å². The lowest BCUT2D eigenvalue weighted by molar-refractivity contribution is -0.00783. The van der Waals surface area contributed by atoms with Gasteiger partial charge in [-0.2, -0.15) is 0 Å². The molecule has 4 rings (SSSR count). The molecule has 2 N–H and O–H groups in total. The van der Waals surface area contributed by atoms with Crippen LogP contribution in [0, 0.1) is 38.8 Å². The largest absolute Gasteiger partial charge is 0.354 e. The first-order valence-electron chi connectivity index (χ1n) is 15.5. The standard InChI is InChI=1S/C16H24N2O3Si.C11H15IN2O3.C5H10Si.2CH4/c1-6-13-11(2)9-14(21-13)18-10-12(7-8-22(3,4)5)15(19)17-16(18)20;1-3-8-6(2)4-9(17-8)14-5-7(12)10(15)13-11(14)16;1-5-6(2,3)4;;/h10-11,13-14H,6,9H2,1-5H3,(H,17,19,20);5-6,8-9H,3-4H2,1-2H3,(H,13,15,16);1H,2-4H3;2*1H4/t11-,13-,14-;6-,8-,9-;;;/m11.../s1/i7+1,8+1;;1+1,5+1;;. The van der Waals surface area contributed by atoms with Crippen LogP contribution < -0.4 is 22.5 Å². The molecule has 2 aliphatic heterocycles. The van der Waals surface area contributed by atoms with Gasteiger partial charge in [0.25, 0.3) is 11.1 Å². The van der Waals surface area contributed by atoms with Crippen LogP contribution in [0.2, 0.25) is 39.3 Å². The Morgan fingerprint density at radius 2 is 1.21 bits per heavy atom. The highest BCUT2D eigenvalue weighted by Gasteiger charge is 2.33. The van der Waals surface area contributed by atoms with E-state index in [4.69, 9.17) is 15.9 Å². The summed E-state index contributed by atoms with van der Waals surface area (Å²) in [5.41, 5.74) is 4.63. The second-order valence-electron chi connectivity index (χ2n) is 13.7. The van der Waals surface area contributed by atoms with E-state index in [0.29, 0.717) is 21.0 Å². The lowest BCUT2D eigenvalue weighted by Gasteiger charge is -2.15. The molecular weight excluding hydrogens is 747 g/mol. The third kappa shape index (κ3) is 13.5. The lowest BCUT2D eigenvalue weighted by atomic mass is 10.0. The first-order chi connectivity index (χ1) is 20.8. The first kappa shape index (κ1) is 44.6. The van der Waals surface area contributed by atoms with E-state index in [-0.39, 0.29) is 45.1 Å². The number of nitrogens with one attached hydrogen (secondary N) is 2. The van der Waals surface area contributed by atoms with Crippen LogP contribution in [0.5, 0.6) is 0 Å². The smallest absolute Gasteiger partial charge is 0.330 e. The number of aromatic nitrogens is 4. The number of aromatic amines is 2. The minimum absolute atomic E-state index is 0. The Kier molecular flexibility index (Phi) is 18.0. The molecule has 0 spiro atoms. The molecule has 2 saturated heterocycles. The molecule has 6 atom stereocenters. The zero-order valence-electron chi connectivity index (χ0n) is 28.2. The molecule has 0 saturated carbocycles. The van der Waals surface area contributed by atoms with E-state index < -0.39 is 33.1 Å². The monoisotopic (exact) mass is 804 g/mol. The van der Waals surface area contributed by atoms with Gasteiger partial charge in [-0.25, -0.2) is 9.59 Å². The number of H-pyrrole nitrogens is 2. The summed E-state index contributed by atoms with van der Waals surface area (Å²) in [6.07, 6.45) is 11.4. The van der Waals surface area contributed by atoms with Crippen molar-refractivity contribution in [2.45, 2.75) is 132 Å². The summed E-state index contributed by atoms with van der Waals surface area (Å²) >= 11 is 1.91. The highest BCUT2D eigenvalue weighted by Crippen LogP contribution is 2.34. The quantitative estimate of drug-likeness (QED) is 0.161. The summed E-state index contributed by atoms with van der Waals surface area (Å²) in [5.74, 6) is 3.76. The Bertz CT molecular complexity index is 1650. The minimum Gasteiger partial charge on any atom is -0.354 e. The van der Waals surface area contributed by atoms with E-state index >= 15 is 0 Å². The molecule has 264 valence electrons. The van der Waals surface area contributed by atoms with E-state index in [9.17, 15) is 19.2 Å². The summed E-state index contributed by atoms with van der Waals surface area (Å²) in [6, 6.07) is 0. The number of ether oxygens (including phenoxy) is 2. The SMILES string of the molecule is C.C.CC[C@H]1O[C@@H](n2cc(I)c(=O)[nH]c2=O)C[C@H]1C.CC[C@H]1O[C@@H](n2cc([13C]#[13C][Si](C)(C)C)c(=O)[nH]c2=O)C[C@H]1C.C[Si](C)(C)[13C]#[13CH]. The van der Waals surface area contributed by atoms with Gasteiger partial charge < -0.3 is 9.47 Å². The first-order valence-corrected chi connectivity index (χ1v) is 23.6. The second kappa shape index (κ2) is 18.9. The van der Waals surface area contributed by atoms with Crippen LogP contribution in [-0.4, -0.2) is 47.5 Å². The van der Waals surface area contributed by atoms with Crippen molar-refractivity contribution in [3.63, 3.8) is 0 Å². The van der Waals surface area contributed by atoms with Gasteiger partial charge in [-0.1, -0.05) is 87.8 Å². The number of halogens is 1. The fourth-order valence-electron chi connectivity index (χ4n) is 4.80. The van der Waals surface area contributed by atoms with Gasteiger partial charge in [0.2, 0.25) is 0 Å². The molecule has 47 heavy (non-hydrogen) atoms. The predicted octanol–water partition coefficient (Wildman–Crippen LogP) is 6.34. The molecule has 2 aromatic rings. The number of hydrogen-bond donors (Lipinski definition) is 2. The Balaban J connectivity index is 0.000000755. The number of terminal acetylenes is 1. The Labute approximate surface area is 296 Å². The zero-order chi connectivity index (χ0) is 34.3. The van der Waals surface area contributed by atoms with Crippen molar-refractivity contribution in [1.82, 2.24) is 19.1 Å². The highest BCUT2D eigenvalue weighted by molar-refractivity contribution is 14.1. The van der Waals surface area contributed by atoms with Crippen LogP contribution in [-0.2, 0) is 9.47 Å². The van der Waals surface area contributed by atoms with Gasteiger partial charge in [0.15, 0.2) is 0 Å². The Morgan fingerprint density at radius 1 is 0.809 bits per heavy atom. The maximum Gasteiger partial charge on any atom is 0.330 e. The van der Waals surface area contributed by atoms with Gasteiger partial charge in [-0.15, -0.1) is 17.5 Å². The van der Waals surface area contributed by atoms with E-state index in [0.717, 1.165) is 25.7 Å². The summed E-state index contributed by atoms with van der Waals surface area (Å²) in [6.45, 7) is 21.2. The van der Waals surface area contributed by atoms with Crippen molar-refractivity contribution >= 4 is 38.7 Å². The highest BCUT2D eigenvalue weighted by atomic mass is 127. The van der Waals surface area contributed by atoms with Crippen LogP contribution in [0.4, 0.5) is 0 Å². The lowest BCUT2D eigenvalue weighted by Crippen LogP contribution is -2.33. The number of nitrogens with zero attached hydrogens (tertiary/aromatic N) is 2. The second-order valence-corrected chi connectivity index (χ2v) is 24.4. The molecule has 13 heteroatoms. The van der Waals surface area contributed by atoms with Crippen molar-refractivity contribution in [1.29, 1.82) is 0 Å². The fraction of sp³-hybridized carbons (Fsp3) is 0.647. The maximum atomic E-state index is 12.1. The fourth-order valence-corrected chi connectivity index (χ4v) is 5.74. The average molecular weight is 805 g/mol. The topological polar surface area (TPSA) is 128 Å². The Hall–Kier alpha value is -2.44. The van der Waals surface area contributed by atoms with Gasteiger partial charge in [0, 0.05) is 12.4 Å². The molecular formula is C34H57IN4O6Si2. The molecule has 0 amide bonds. The van der Waals surface area contributed by atoms with Crippen molar-refractivity contribution in [3.8, 4) is 23.4 Å². The third-order valence-electron chi connectivity index (χ3n) is 7.40. The van der Waals surface area contributed by atoms with Crippen molar-refractivity contribution < 1.29 is 9.47 Å². The van der Waals surface area contributed by atoms with Crippen LogP contribution in [0.1, 0.15) is 86.3 Å². The number of rotatable bonds is 4. The zero-order valence-corrected chi connectivity index (χ0v) is 32.4. The molecule has 0 radical (unpaired) electrons. The molecule has 0 bridgehead atoms. The molecule has 0 unspecified atom stereocenters. The molecule has 2 aromatic heterocycles. The third-order valence-corrected chi connectivity index (χ3v) is 9.91. The van der Waals surface area contributed by atoms with Crippen LogP contribution in [0.15, 0.2) is 31.6 Å². The molecule has 0 aromatic carbocycles. The van der Waals surface area contributed by atoms with E-state index in [1.54, 1.807) is 12.4 Å². The maximum absolute atomic E-state index is 12.1. The molecule has 2 fully saturated rings.